The van der Waals surface area contributed by atoms with Crippen LogP contribution in [0, 0.1) is 5.92 Å². The lowest BCUT2D eigenvalue weighted by molar-refractivity contribution is 0.392. The highest BCUT2D eigenvalue weighted by Gasteiger charge is 2.13. The molecule has 3 N–H and O–H groups in total. The summed E-state index contributed by atoms with van der Waals surface area (Å²) in [4.78, 5) is 11.7. The van der Waals surface area contributed by atoms with E-state index in [1.54, 1.807) is 0 Å². The number of anilines is 1. The van der Waals surface area contributed by atoms with Gasteiger partial charge < -0.3 is 10.6 Å². The summed E-state index contributed by atoms with van der Waals surface area (Å²) in [5, 5.41) is 15.0. The minimum absolute atomic E-state index is 0.138. The van der Waals surface area contributed by atoms with E-state index < -0.39 is 0 Å². The Labute approximate surface area is 111 Å². The van der Waals surface area contributed by atoms with Gasteiger partial charge >= 0.3 is 0 Å². The number of hydrogen-bond acceptors (Lipinski definition) is 4. The Morgan fingerprint density at radius 2 is 2.16 bits per heavy atom. The molecule has 1 unspecified atom stereocenters. The number of piperidine rings is 1. The van der Waals surface area contributed by atoms with E-state index in [-0.39, 0.29) is 5.56 Å². The number of H-pyrrole nitrogens is 1. The summed E-state index contributed by atoms with van der Waals surface area (Å²) in [6.07, 6.45) is 2.47. The third-order valence-corrected chi connectivity index (χ3v) is 3.65. The first-order valence-corrected chi connectivity index (χ1v) is 6.76. The molecule has 2 aromatic rings. The molecule has 5 nitrogen and oxygen atoms in total. The predicted molar refractivity (Wildman–Crippen MR) is 76.4 cm³/mol. The number of aromatic nitrogens is 2. The standard InChI is InChI=1S/C14H18N4O/c19-14-12-6-2-1-5-11(12)13(17-18-14)16-9-10-4-3-7-15-8-10/h1-2,5-6,10,15H,3-4,7-9H2,(H,16,17)(H,18,19). The molecule has 1 fully saturated rings. The van der Waals surface area contributed by atoms with E-state index in [1.165, 1.54) is 12.8 Å². The second-order valence-corrected chi connectivity index (χ2v) is 5.04. The number of hydrogen-bond donors (Lipinski definition) is 3. The minimum atomic E-state index is -0.138. The largest absolute Gasteiger partial charge is 0.368 e. The zero-order valence-electron chi connectivity index (χ0n) is 10.8. The number of fused-ring (bicyclic) bond motifs is 1. The fraction of sp³-hybridized carbons (Fsp3) is 0.429. The molecule has 2 heterocycles. The van der Waals surface area contributed by atoms with E-state index >= 15 is 0 Å². The Hall–Kier alpha value is -1.88. The molecule has 1 aliphatic rings. The van der Waals surface area contributed by atoms with Gasteiger partial charge in [0.1, 0.15) is 0 Å². The number of aromatic amines is 1. The van der Waals surface area contributed by atoms with Gasteiger partial charge in [0.2, 0.25) is 0 Å². The quantitative estimate of drug-likeness (QED) is 0.777. The van der Waals surface area contributed by atoms with E-state index in [4.69, 9.17) is 0 Å². The van der Waals surface area contributed by atoms with Crippen LogP contribution in [0.25, 0.3) is 10.8 Å². The van der Waals surface area contributed by atoms with Gasteiger partial charge in [-0.2, -0.15) is 5.10 Å². The van der Waals surface area contributed by atoms with Crippen molar-refractivity contribution < 1.29 is 0 Å². The Kier molecular flexibility index (Phi) is 3.46. The van der Waals surface area contributed by atoms with Crippen molar-refractivity contribution >= 4 is 16.6 Å². The molecule has 1 aromatic carbocycles. The summed E-state index contributed by atoms with van der Waals surface area (Å²) in [6.45, 7) is 3.06. The molecule has 1 aromatic heterocycles. The van der Waals surface area contributed by atoms with Crippen LogP contribution in [0.3, 0.4) is 0 Å². The molecule has 0 spiro atoms. The van der Waals surface area contributed by atoms with Crippen LogP contribution in [0.4, 0.5) is 5.82 Å². The SMILES string of the molecule is O=c1[nH]nc(NCC2CCCNC2)c2ccccc12. The molecule has 1 aliphatic heterocycles. The van der Waals surface area contributed by atoms with Gasteiger partial charge in [0.25, 0.3) is 5.56 Å². The van der Waals surface area contributed by atoms with Gasteiger partial charge in [0, 0.05) is 11.9 Å². The third kappa shape index (κ3) is 2.61. The first kappa shape index (κ1) is 12.2. The van der Waals surface area contributed by atoms with Crippen molar-refractivity contribution in [3.05, 3.63) is 34.6 Å². The van der Waals surface area contributed by atoms with E-state index in [1.807, 2.05) is 24.3 Å². The summed E-state index contributed by atoms with van der Waals surface area (Å²) in [7, 11) is 0. The average Bonchev–Trinajstić information content (AvgIpc) is 2.48. The summed E-state index contributed by atoms with van der Waals surface area (Å²) < 4.78 is 0. The predicted octanol–water partition coefficient (Wildman–Crippen LogP) is 1.33. The van der Waals surface area contributed by atoms with Crippen molar-refractivity contribution in [3.8, 4) is 0 Å². The summed E-state index contributed by atoms with van der Waals surface area (Å²) in [5.41, 5.74) is -0.138. The lowest BCUT2D eigenvalue weighted by Gasteiger charge is -2.23. The van der Waals surface area contributed by atoms with Crippen LogP contribution in [0.2, 0.25) is 0 Å². The van der Waals surface area contributed by atoms with E-state index in [2.05, 4.69) is 20.8 Å². The van der Waals surface area contributed by atoms with Gasteiger partial charge in [-0.15, -0.1) is 0 Å². The van der Waals surface area contributed by atoms with Crippen LogP contribution in [-0.2, 0) is 0 Å². The maximum absolute atomic E-state index is 11.7. The van der Waals surface area contributed by atoms with Crippen molar-refractivity contribution in [1.82, 2.24) is 15.5 Å². The lowest BCUT2D eigenvalue weighted by Crippen LogP contribution is -2.33. The molecule has 3 rings (SSSR count). The molecule has 0 radical (unpaired) electrons. The summed E-state index contributed by atoms with van der Waals surface area (Å²) >= 11 is 0. The highest BCUT2D eigenvalue weighted by Crippen LogP contribution is 2.18. The Balaban J connectivity index is 1.81. The van der Waals surface area contributed by atoms with Gasteiger partial charge in [-0.25, -0.2) is 5.10 Å². The number of rotatable bonds is 3. The van der Waals surface area contributed by atoms with Crippen molar-refractivity contribution in [2.75, 3.05) is 25.0 Å². The van der Waals surface area contributed by atoms with Gasteiger partial charge in [-0.05, 0) is 37.9 Å². The molecular formula is C14H18N4O. The number of nitrogens with zero attached hydrogens (tertiary/aromatic N) is 1. The van der Waals surface area contributed by atoms with Crippen LogP contribution >= 0.6 is 0 Å². The van der Waals surface area contributed by atoms with Gasteiger partial charge in [-0.1, -0.05) is 18.2 Å². The van der Waals surface area contributed by atoms with Crippen LogP contribution < -0.4 is 16.2 Å². The highest BCUT2D eigenvalue weighted by molar-refractivity contribution is 5.90. The monoisotopic (exact) mass is 258 g/mol. The molecule has 5 heteroatoms. The smallest absolute Gasteiger partial charge is 0.272 e. The van der Waals surface area contributed by atoms with Crippen molar-refractivity contribution in [1.29, 1.82) is 0 Å². The molecule has 0 amide bonds. The number of nitrogens with one attached hydrogen (secondary N) is 3. The fourth-order valence-corrected chi connectivity index (χ4v) is 2.59. The van der Waals surface area contributed by atoms with Gasteiger partial charge in [0.15, 0.2) is 5.82 Å². The summed E-state index contributed by atoms with van der Waals surface area (Å²) in [6, 6.07) is 7.55. The topological polar surface area (TPSA) is 69.8 Å². The molecule has 1 atom stereocenters. The van der Waals surface area contributed by atoms with Crippen LogP contribution in [0.1, 0.15) is 12.8 Å². The number of benzene rings is 1. The molecule has 19 heavy (non-hydrogen) atoms. The Morgan fingerprint density at radius 3 is 2.95 bits per heavy atom. The van der Waals surface area contributed by atoms with Crippen LogP contribution in [0.15, 0.2) is 29.1 Å². The van der Waals surface area contributed by atoms with Crippen molar-refractivity contribution in [2.45, 2.75) is 12.8 Å². The second kappa shape index (κ2) is 5.40. The van der Waals surface area contributed by atoms with Crippen molar-refractivity contribution in [2.24, 2.45) is 5.92 Å². The van der Waals surface area contributed by atoms with Crippen LogP contribution in [-0.4, -0.2) is 29.8 Å². The first-order chi connectivity index (χ1) is 9.34. The van der Waals surface area contributed by atoms with Crippen LogP contribution in [0.5, 0.6) is 0 Å². The molecule has 0 aliphatic carbocycles. The Bertz CT molecular complexity index is 616. The Morgan fingerprint density at radius 1 is 1.32 bits per heavy atom. The van der Waals surface area contributed by atoms with E-state index in [9.17, 15) is 4.79 Å². The minimum Gasteiger partial charge on any atom is -0.368 e. The van der Waals surface area contributed by atoms with Crippen molar-refractivity contribution in [3.63, 3.8) is 0 Å². The van der Waals surface area contributed by atoms with E-state index in [0.717, 1.165) is 30.8 Å². The summed E-state index contributed by atoms with van der Waals surface area (Å²) in [5.74, 6) is 1.39. The van der Waals surface area contributed by atoms with Gasteiger partial charge in [-0.3, -0.25) is 4.79 Å². The van der Waals surface area contributed by atoms with E-state index in [0.29, 0.717) is 11.3 Å². The highest BCUT2D eigenvalue weighted by atomic mass is 16.1. The normalized spacial score (nSPS) is 19.5. The van der Waals surface area contributed by atoms with Gasteiger partial charge in [0.05, 0.1) is 5.39 Å². The first-order valence-electron chi connectivity index (χ1n) is 6.76. The fourth-order valence-electron chi connectivity index (χ4n) is 2.59. The maximum Gasteiger partial charge on any atom is 0.272 e. The molecule has 1 saturated heterocycles. The molecule has 100 valence electrons. The molecule has 0 saturated carbocycles. The zero-order chi connectivity index (χ0) is 13.1. The maximum atomic E-state index is 11.7. The molecular weight excluding hydrogens is 240 g/mol. The second-order valence-electron chi connectivity index (χ2n) is 5.04. The molecule has 0 bridgehead atoms. The third-order valence-electron chi connectivity index (χ3n) is 3.65. The zero-order valence-corrected chi connectivity index (χ0v) is 10.8. The average molecular weight is 258 g/mol. The lowest BCUT2D eigenvalue weighted by atomic mass is 10.00.